The first-order valence-corrected chi connectivity index (χ1v) is 8.85. The van der Waals surface area contributed by atoms with Gasteiger partial charge in [0, 0.05) is 37.0 Å². The van der Waals surface area contributed by atoms with Gasteiger partial charge in [0.25, 0.3) is 0 Å². The molecule has 3 rings (SSSR count). The summed E-state index contributed by atoms with van der Waals surface area (Å²) in [6.45, 7) is 4.78. The van der Waals surface area contributed by atoms with Gasteiger partial charge in [0.05, 0.1) is 5.69 Å². The number of piperidine rings is 1. The molecule has 1 aromatic heterocycles. The number of nitrogens with one attached hydrogen (secondary N) is 1. The van der Waals surface area contributed by atoms with Gasteiger partial charge in [-0.25, -0.2) is 4.39 Å². The van der Waals surface area contributed by atoms with Gasteiger partial charge in [0.15, 0.2) is 0 Å². The lowest BCUT2D eigenvalue weighted by molar-refractivity contribution is -0.121. The van der Waals surface area contributed by atoms with Gasteiger partial charge in [-0.3, -0.25) is 14.4 Å². The molecule has 1 N–H and O–H groups in total. The molecule has 2 heterocycles. The fourth-order valence-corrected chi connectivity index (χ4v) is 3.42. The standard InChI is InChI=1S/C19H25FN4O/c1-3-18-15(12-23(2)22-18)13-24-9-7-14(8-10-24)19(25)21-17-6-4-5-16(20)11-17/h4-6,11-12,14H,3,7-10,13H2,1-2H3,(H,21,25). The lowest BCUT2D eigenvalue weighted by atomic mass is 9.95. The molecular weight excluding hydrogens is 319 g/mol. The average molecular weight is 344 g/mol. The molecule has 134 valence electrons. The maximum absolute atomic E-state index is 13.2. The molecule has 25 heavy (non-hydrogen) atoms. The van der Waals surface area contributed by atoms with E-state index in [0.717, 1.165) is 44.6 Å². The first-order chi connectivity index (χ1) is 12.0. The molecule has 0 saturated carbocycles. The Labute approximate surface area is 147 Å². The van der Waals surface area contributed by atoms with Crippen molar-refractivity contribution < 1.29 is 9.18 Å². The van der Waals surface area contributed by atoms with Crippen molar-refractivity contribution in [1.82, 2.24) is 14.7 Å². The van der Waals surface area contributed by atoms with Crippen molar-refractivity contribution in [3.8, 4) is 0 Å². The quantitative estimate of drug-likeness (QED) is 0.907. The Hall–Kier alpha value is -2.21. The molecule has 0 atom stereocenters. The third-order valence-corrected chi connectivity index (χ3v) is 4.77. The molecule has 0 spiro atoms. The molecule has 1 saturated heterocycles. The van der Waals surface area contributed by atoms with Crippen LogP contribution in [0, 0.1) is 11.7 Å². The van der Waals surface area contributed by atoms with Crippen molar-refractivity contribution >= 4 is 11.6 Å². The van der Waals surface area contributed by atoms with Crippen molar-refractivity contribution in [3.63, 3.8) is 0 Å². The summed E-state index contributed by atoms with van der Waals surface area (Å²) in [5, 5.41) is 7.31. The van der Waals surface area contributed by atoms with Gasteiger partial charge in [-0.1, -0.05) is 13.0 Å². The number of halogens is 1. The number of carbonyl (C=O) groups excluding carboxylic acids is 1. The van der Waals surface area contributed by atoms with E-state index in [1.165, 1.54) is 17.7 Å². The highest BCUT2D eigenvalue weighted by atomic mass is 19.1. The van der Waals surface area contributed by atoms with Crippen LogP contribution in [0.5, 0.6) is 0 Å². The molecule has 1 aromatic carbocycles. The summed E-state index contributed by atoms with van der Waals surface area (Å²) in [5.74, 6) is -0.365. The number of carbonyl (C=O) groups is 1. The minimum atomic E-state index is -0.337. The Morgan fingerprint density at radius 3 is 2.80 bits per heavy atom. The van der Waals surface area contributed by atoms with Crippen molar-refractivity contribution in [1.29, 1.82) is 0 Å². The average Bonchev–Trinajstić information content (AvgIpc) is 2.95. The van der Waals surface area contributed by atoms with E-state index in [1.54, 1.807) is 12.1 Å². The molecule has 0 aliphatic carbocycles. The van der Waals surface area contributed by atoms with Gasteiger partial charge in [0.1, 0.15) is 5.82 Å². The SMILES string of the molecule is CCc1nn(C)cc1CN1CCC(C(=O)Nc2cccc(F)c2)CC1. The van der Waals surface area contributed by atoms with Crippen molar-refractivity contribution in [2.24, 2.45) is 13.0 Å². The fourth-order valence-electron chi connectivity index (χ4n) is 3.42. The van der Waals surface area contributed by atoms with Crippen LogP contribution in [-0.2, 0) is 24.8 Å². The highest BCUT2D eigenvalue weighted by molar-refractivity contribution is 5.92. The minimum Gasteiger partial charge on any atom is -0.326 e. The number of anilines is 1. The third kappa shape index (κ3) is 4.45. The van der Waals surface area contributed by atoms with Gasteiger partial charge < -0.3 is 5.32 Å². The number of rotatable bonds is 5. The van der Waals surface area contributed by atoms with E-state index < -0.39 is 0 Å². The molecule has 6 heteroatoms. The predicted octanol–water partition coefficient (Wildman–Crippen LogP) is 2.97. The third-order valence-electron chi connectivity index (χ3n) is 4.77. The molecule has 1 aliphatic heterocycles. The molecule has 2 aromatic rings. The van der Waals surface area contributed by atoms with E-state index in [2.05, 4.69) is 28.4 Å². The second kappa shape index (κ2) is 7.78. The molecule has 0 radical (unpaired) electrons. The molecule has 0 unspecified atom stereocenters. The molecule has 5 nitrogen and oxygen atoms in total. The van der Waals surface area contributed by atoms with Crippen LogP contribution in [0.1, 0.15) is 31.0 Å². The van der Waals surface area contributed by atoms with E-state index in [-0.39, 0.29) is 17.6 Å². The molecule has 0 bridgehead atoms. The van der Waals surface area contributed by atoms with Gasteiger partial charge in [0.2, 0.25) is 5.91 Å². The van der Waals surface area contributed by atoms with E-state index in [4.69, 9.17) is 0 Å². The van der Waals surface area contributed by atoms with Crippen molar-refractivity contribution in [2.45, 2.75) is 32.7 Å². The summed E-state index contributed by atoms with van der Waals surface area (Å²) in [5.41, 5.74) is 2.94. The highest BCUT2D eigenvalue weighted by Crippen LogP contribution is 2.22. The number of benzene rings is 1. The van der Waals surface area contributed by atoms with E-state index in [1.807, 2.05) is 11.7 Å². The number of aryl methyl sites for hydroxylation is 2. The molecule has 1 fully saturated rings. The number of nitrogens with zero attached hydrogens (tertiary/aromatic N) is 3. The largest absolute Gasteiger partial charge is 0.326 e. The number of hydrogen-bond acceptors (Lipinski definition) is 3. The number of hydrogen-bond donors (Lipinski definition) is 1. The maximum atomic E-state index is 13.2. The summed E-state index contributed by atoms with van der Waals surface area (Å²) in [6, 6.07) is 6.04. The lowest BCUT2D eigenvalue weighted by Gasteiger charge is -2.31. The Kier molecular flexibility index (Phi) is 5.48. The second-order valence-electron chi connectivity index (χ2n) is 6.68. The Bertz CT molecular complexity index is 735. The number of aromatic nitrogens is 2. The topological polar surface area (TPSA) is 50.2 Å². The fraction of sp³-hybridized carbons (Fsp3) is 0.474. The van der Waals surface area contributed by atoms with E-state index in [9.17, 15) is 9.18 Å². The van der Waals surface area contributed by atoms with Gasteiger partial charge in [-0.05, 0) is 50.6 Å². The Morgan fingerprint density at radius 2 is 2.12 bits per heavy atom. The van der Waals surface area contributed by atoms with Crippen LogP contribution in [0.25, 0.3) is 0 Å². The van der Waals surface area contributed by atoms with Crippen molar-refractivity contribution in [2.75, 3.05) is 18.4 Å². The van der Waals surface area contributed by atoms with E-state index >= 15 is 0 Å². The van der Waals surface area contributed by atoms with Crippen LogP contribution in [-0.4, -0.2) is 33.7 Å². The molecule has 1 aliphatic rings. The monoisotopic (exact) mass is 344 g/mol. The summed E-state index contributed by atoms with van der Waals surface area (Å²) >= 11 is 0. The van der Waals surface area contributed by atoms with Crippen molar-refractivity contribution in [3.05, 3.63) is 47.5 Å². The van der Waals surface area contributed by atoms with Crippen LogP contribution < -0.4 is 5.32 Å². The summed E-state index contributed by atoms with van der Waals surface area (Å²) in [4.78, 5) is 14.8. The van der Waals surface area contributed by atoms with Crippen LogP contribution in [0.3, 0.4) is 0 Å². The van der Waals surface area contributed by atoms with Crippen LogP contribution in [0.15, 0.2) is 30.5 Å². The normalized spacial score (nSPS) is 16.1. The molecule has 1 amide bonds. The first-order valence-electron chi connectivity index (χ1n) is 8.85. The maximum Gasteiger partial charge on any atom is 0.227 e. The first kappa shape index (κ1) is 17.6. The Balaban J connectivity index is 1.52. The summed E-state index contributed by atoms with van der Waals surface area (Å²) in [6.07, 6.45) is 4.66. The van der Waals surface area contributed by atoms with Crippen LogP contribution in [0.2, 0.25) is 0 Å². The zero-order valence-electron chi connectivity index (χ0n) is 14.8. The van der Waals surface area contributed by atoms with Gasteiger partial charge in [-0.15, -0.1) is 0 Å². The van der Waals surface area contributed by atoms with Gasteiger partial charge >= 0.3 is 0 Å². The smallest absolute Gasteiger partial charge is 0.227 e. The molecular formula is C19H25FN4O. The number of amides is 1. The van der Waals surface area contributed by atoms with Crippen LogP contribution in [0.4, 0.5) is 10.1 Å². The summed E-state index contributed by atoms with van der Waals surface area (Å²) < 4.78 is 15.1. The second-order valence-corrected chi connectivity index (χ2v) is 6.68. The Morgan fingerprint density at radius 1 is 1.36 bits per heavy atom. The summed E-state index contributed by atoms with van der Waals surface area (Å²) in [7, 11) is 1.95. The highest BCUT2D eigenvalue weighted by Gasteiger charge is 2.25. The van der Waals surface area contributed by atoms with E-state index in [0.29, 0.717) is 5.69 Å². The minimum absolute atomic E-state index is 0.0131. The zero-order chi connectivity index (χ0) is 17.8. The predicted molar refractivity (Wildman–Crippen MR) is 95.6 cm³/mol. The van der Waals surface area contributed by atoms with Gasteiger partial charge in [-0.2, -0.15) is 5.10 Å². The lowest BCUT2D eigenvalue weighted by Crippen LogP contribution is -2.37. The zero-order valence-corrected chi connectivity index (χ0v) is 14.8. The van der Waals surface area contributed by atoms with Crippen LogP contribution >= 0.6 is 0 Å². The number of likely N-dealkylation sites (tertiary alicyclic amines) is 1.